The molecule has 1 unspecified atom stereocenters. The van der Waals surface area contributed by atoms with Crippen LogP contribution in [0.1, 0.15) is 72.1 Å². The average molecular weight is 269 g/mol. The molecule has 0 aromatic rings. The Bertz CT molecular complexity index is 261. The Kier molecular flexibility index (Phi) is 7.44. The van der Waals surface area contributed by atoms with Crippen LogP contribution in [0.2, 0.25) is 0 Å². The van der Waals surface area contributed by atoms with Crippen LogP contribution in [0.25, 0.3) is 0 Å². The number of unbranched alkanes of at least 4 members (excludes halogenated alkanes) is 4. The van der Waals surface area contributed by atoms with Crippen molar-refractivity contribution < 1.29 is 9.53 Å². The fourth-order valence-corrected chi connectivity index (χ4v) is 2.08. The zero-order valence-corrected chi connectivity index (χ0v) is 13.0. The van der Waals surface area contributed by atoms with Gasteiger partial charge in [0, 0.05) is 11.5 Å². The van der Waals surface area contributed by atoms with E-state index in [1.807, 2.05) is 0 Å². The molecule has 0 spiro atoms. The summed E-state index contributed by atoms with van der Waals surface area (Å²) in [5.41, 5.74) is 0.292. The van der Waals surface area contributed by atoms with Gasteiger partial charge in [-0.3, -0.25) is 4.79 Å². The van der Waals surface area contributed by atoms with Gasteiger partial charge in [-0.15, -0.1) is 0 Å². The molecule has 0 bridgehead atoms. The van der Waals surface area contributed by atoms with Gasteiger partial charge >= 0.3 is 5.97 Å². The standard InChI is InChI=1S/C16H31NO2/c1-4-5-6-7-8-9-14(2)17-12-15(18)19-13-16(3)10-11-16/h14,17H,4-13H2,1-3H3. The second-order valence-corrected chi connectivity index (χ2v) is 6.46. The maximum Gasteiger partial charge on any atom is 0.319 e. The van der Waals surface area contributed by atoms with E-state index in [4.69, 9.17) is 4.74 Å². The summed E-state index contributed by atoms with van der Waals surface area (Å²) in [4.78, 5) is 11.6. The van der Waals surface area contributed by atoms with E-state index in [0.29, 0.717) is 24.6 Å². The minimum Gasteiger partial charge on any atom is -0.464 e. The molecule has 1 N–H and O–H groups in total. The van der Waals surface area contributed by atoms with E-state index in [1.165, 1.54) is 44.9 Å². The zero-order chi connectivity index (χ0) is 14.1. The van der Waals surface area contributed by atoms with Crippen LogP contribution < -0.4 is 5.32 Å². The first kappa shape index (κ1) is 16.5. The lowest BCUT2D eigenvalue weighted by atomic mass is 10.1. The van der Waals surface area contributed by atoms with Crippen LogP contribution in [0.3, 0.4) is 0 Å². The third-order valence-electron chi connectivity index (χ3n) is 4.02. The molecular weight excluding hydrogens is 238 g/mol. The average Bonchev–Trinajstić information content (AvgIpc) is 3.12. The molecule has 1 atom stereocenters. The van der Waals surface area contributed by atoms with Gasteiger partial charge in [-0.2, -0.15) is 0 Å². The number of esters is 1. The molecule has 0 aliphatic heterocycles. The van der Waals surface area contributed by atoms with Crippen molar-refractivity contribution in [3.05, 3.63) is 0 Å². The first-order valence-corrected chi connectivity index (χ1v) is 7.95. The van der Waals surface area contributed by atoms with Gasteiger partial charge in [0.15, 0.2) is 0 Å². The van der Waals surface area contributed by atoms with Crippen molar-refractivity contribution in [3.63, 3.8) is 0 Å². The SMILES string of the molecule is CCCCCCCC(C)NCC(=O)OCC1(C)CC1. The van der Waals surface area contributed by atoms with Crippen molar-refractivity contribution in [2.75, 3.05) is 13.2 Å². The van der Waals surface area contributed by atoms with Crippen LogP contribution in [0, 0.1) is 5.41 Å². The molecule has 0 amide bonds. The Morgan fingerprint density at radius 2 is 1.95 bits per heavy atom. The summed E-state index contributed by atoms with van der Waals surface area (Å²) in [6, 6.07) is 0.408. The first-order chi connectivity index (χ1) is 9.06. The monoisotopic (exact) mass is 269 g/mol. The van der Waals surface area contributed by atoms with E-state index in [9.17, 15) is 4.79 Å². The Labute approximate surface area is 118 Å². The molecule has 1 aliphatic carbocycles. The number of ether oxygens (including phenoxy) is 1. The highest BCUT2D eigenvalue weighted by atomic mass is 16.5. The van der Waals surface area contributed by atoms with E-state index < -0.39 is 0 Å². The van der Waals surface area contributed by atoms with Crippen LogP contribution >= 0.6 is 0 Å². The van der Waals surface area contributed by atoms with Crippen molar-refractivity contribution >= 4 is 5.97 Å². The molecule has 3 heteroatoms. The predicted octanol–water partition coefficient (Wildman–Crippen LogP) is 3.67. The summed E-state index contributed by atoms with van der Waals surface area (Å²) in [6.45, 7) is 7.50. The van der Waals surface area contributed by atoms with E-state index in [-0.39, 0.29) is 5.97 Å². The van der Waals surface area contributed by atoms with Crippen LogP contribution in [-0.4, -0.2) is 25.2 Å². The summed E-state index contributed by atoms with van der Waals surface area (Å²) in [7, 11) is 0. The fourth-order valence-electron chi connectivity index (χ4n) is 2.08. The van der Waals surface area contributed by atoms with Crippen LogP contribution in [-0.2, 0) is 9.53 Å². The second-order valence-electron chi connectivity index (χ2n) is 6.46. The van der Waals surface area contributed by atoms with Gasteiger partial charge in [-0.05, 0) is 26.2 Å². The molecular formula is C16H31NO2. The van der Waals surface area contributed by atoms with Crippen molar-refractivity contribution in [2.45, 2.75) is 78.2 Å². The number of hydrogen-bond donors (Lipinski definition) is 1. The van der Waals surface area contributed by atoms with E-state index in [2.05, 4.69) is 26.1 Å². The minimum absolute atomic E-state index is 0.106. The van der Waals surface area contributed by atoms with Gasteiger partial charge in [-0.25, -0.2) is 0 Å². The van der Waals surface area contributed by atoms with E-state index >= 15 is 0 Å². The molecule has 1 rings (SSSR count). The van der Waals surface area contributed by atoms with Crippen molar-refractivity contribution in [1.82, 2.24) is 5.32 Å². The van der Waals surface area contributed by atoms with Gasteiger partial charge < -0.3 is 10.1 Å². The van der Waals surface area contributed by atoms with Crippen molar-refractivity contribution in [1.29, 1.82) is 0 Å². The summed E-state index contributed by atoms with van der Waals surface area (Å²) < 4.78 is 5.28. The normalized spacial score (nSPS) is 18.1. The Hall–Kier alpha value is -0.570. The Morgan fingerprint density at radius 1 is 1.26 bits per heavy atom. The zero-order valence-electron chi connectivity index (χ0n) is 13.0. The largest absolute Gasteiger partial charge is 0.464 e. The van der Waals surface area contributed by atoms with Crippen LogP contribution in [0.5, 0.6) is 0 Å². The van der Waals surface area contributed by atoms with Gasteiger partial charge in [0.05, 0.1) is 13.2 Å². The molecule has 0 saturated heterocycles. The predicted molar refractivity (Wildman–Crippen MR) is 79.1 cm³/mol. The summed E-state index contributed by atoms with van der Waals surface area (Å²) >= 11 is 0. The smallest absolute Gasteiger partial charge is 0.319 e. The lowest BCUT2D eigenvalue weighted by Gasteiger charge is -2.14. The number of carbonyl (C=O) groups excluding carboxylic acids is 1. The highest BCUT2D eigenvalue weighted by Gasteiger charge is 2.38. The quantitative estimate of drug-likeness (QED) is 0.459. The third kappa shape index (κ3) is 8.25. The Balaban J connectivity index is 1.93. The first-order valence-electron chi connectivity index (χ1n) is 7.95. The molecule has 0 aromatic carbocycles. The molecule has 3 nitrogen and oxygen atoms in total. The number of carbonyl (C=O) groups is 1. The summed E-state index contributed by atoms with van der Waals surface area (Å²) in [5.74, 6) is -0.106. The molecule has 0 heterocycles. The number of rotatable bonds is 11. The minimum atomic E-state index is -0.106. The Morgan fingerprint density at radius 3 is 2.58 bits per heavy atom. The maximum absolute atomic E-state index is 11.6. The van der Waals surface area contributed by atoms with Gasteiger partial charge in [0.2, 0.25) is 0 Å². The lowest BCUT2D eigenvalue weighted by Crippen LogP contribution is -2.33. The number of nitrogens with one attached hydrogen (secondary N) is 1. The van der Waals surface area contributed by atoms with E-state index in [1.54, 1.807) is 0 Å². The number of hydrogen-bond acceptors (Lipinski definition) is 3. The topological polar surface area (TPSA) is 38.3 Å². The molecule has 0 radical (unpaired) electrons. The highest BCUT2D eigenvalue weighted by molar-refractivity contribution is 5.71. The van der Waals surface area contributed by atoms with Crippen molar-refractivity contribution in [3.8, 4) is 0 Å². The second kappa shape index (κ2) is 8.57. The summed E-state index contributed by atoms with van der Waals surface area (Å²) in [5, 5.41) is 3.26. The highest BCUT2D eigenvalue weighted by Crippen LogP contribution is 2.44. The maximum atomic E-state index is 11.6. The fraction of sp³-hybridized carbons (Fsp3) is 0.938. The molecule has 19 heavy (non-hydrogen) atoms. The molecule has 0 aromatic heterocycles. The van der Waals surface area contributed by atoms with Crippen molar-refractivity contribution in [2.24, 2.45) is 5.41 Å². The third-order valence-corrected chi connectivity index (χ3v) is 4.02. The van der Waals surface area contributed by atoms with Gasteiger partial charge in [0.1, 0.15) is 0 Å². The summed E-state index contributed by atoms with van der Waals surface area (Å²) in [6.07, 6.45) is 10.1. The van der Waals surface area contributed by atoms with Crippen LogP contribution in [0.4, 0.5) is 0 Å². The molecule has 1 fully saturated rings. The molecule has 1 aliphatic rings. The lowest BCUT2D eigenvalue weighted by molar-refractivity contribution is -0.144. The molecule has 112 valence electrons. The van der Waals surface area contributed by atoms with E-state index in [0.717, 1.165) is 6.42 Å². The van der Waals surface area contributed by atoms with Crippen LogP contribution in [0.15, 0.2) is 0 Å². The molecule has 1 saturated carbocycles. The van der Waals surface area contributed by atoms with Gasteiger partial charge in [0.25, 0.3) is 0 Å². The van der Waals surface area contributed by atoms with Gasteiger partial charge in [-0.1, -0.05) is 46.0 Å².